The molecular formula is C25H22ClN3O3. The largest absolute Gasteiger partial charge is 0.497 e. The summed E-state index contributed by atoms with van der Waals surface area (Å²) < 4.78 is 10.6. The zero-order valence-corrected chi connectivity index (χ0v) is 18.7. The van der Waals surface area contributed by atoms with E-state index < -0.39 is 0 Å². The maximum atomic E-state index is 13.2. The molecule has 2 N–H and O–H groups in total. The molecule has 4 aromatic rings. The number of carbonyl (C=O) groups is 1. The summed E-state index contributed by atoms with van der Waals surface area (Å²) in [6, 6.07) is 18.7. The van der Waals surface area contributed by atoms with Gasteiger partial charge in [0.1, 0.15) is 17.3 Å². The van der Waals surface area contributed by atoms with E-state index in [4.69, 9.17) is 21.1 Å². The molecule has 1 amide bonds. The number of methoxy groups -OCH3 is 2. The minimum absolute atomic E-state index is 0.287. The highest BCUT2D eigenvalue weighted by molar-refractivity contribution is 6.31. The topological polar surface area (TPSA) is 72.5 Å². The van der Waals surface area contributed by atoms with Gasteiger partial charge in [0.2, 0.25) is 0 Å². The zero-order chi connectivity index (χ0) is 22.7. The van der Waals surface area contributed by atoms with Crippen LogP contribution in [0.25, 0.3) is 10.8 Å². The summed E-state index contributed by atoms with van der Waals surface area (Å²) in [5.41, 5.74) is 2.70. The summed E-state index contributed by atoms with van der Waals surface area (Å²) in [6.07, 6.45) is 1.57. The van der Waals surface area contributed by atoms with Gasteiger partial charge >= 0.3 is 0 Å². The highest BCUT2D eigenvalue weighted by Crippen LogP contribution is 2.32. The fraction of sp³-hybridized carbons (Fsp3) is 0.120. The monoisotopic (exact) mass is 447 g/mol. The molecule has 0 aliphatic heterocycles. The number of aromatic nitrogens is 1. The normalized spacial score (nSPS) is 10.6. The van der Waals surface area contributed by atoms with Gasteiger partial charge in [-0.3, -0.25) is 4.79 Å². The van der Waals surface area contributed by atoms with Crippen LogP contribution in [0.2, 0.25) is 5.02 Å². The lowest BCUT2D eigenvalue weighted by molar-refractivity contribution is 0.102. The Bertz CT molecular complexity index is 1290. The standard InChI is InChI=1S/C25H22ClN3O3/c1-15-12-22(23(32-3)13-21(15)26)29-25(30)20-14-27-24(19-7-5-4-6-18(19)20)28-16-8-10-17(31-2)11-9-16/h4-14H,1-3H3,(H,27,28)(H,29,30). The quantitative estimate of drug-likeness (QED) is 0.367. The van der Waals surface area contributed by atoms with Gasteiger partial charge in [0.15, 0.2) is 0 Å². The average Bonchev–Trinajstić information content (AvgIpc) is 2.82. The van der Waals surface area contributed by atoms with Crippen molar-refractivity contribution in [2.75, 3.05) is 24.9 Å². The first-order valence-electron chi connectivity index (χ1n) is 9.94. The number of hydrogen-bond acceptors (Lipinski definition) is 5. The molecule has 0 spiro atoms. The van der Waals surface area contributed by atoms with Crippen molar-refractivity contribution in [2.45, 2.75) is 6.92 Å². The summed E-state index contributed by atoms with van der Waals surface area (Å²) in [6.45, 7) is 1.87. The zero-order valence-electron chi connectivity index (χ0n) is 17.9. The van der Waals surface area contributed by atoms with Crippen molar-refractivity contribution in [3.05, 3.63) is 83.0 Å². The fourth-order valence-corrected chi connectivity index (χ4v) is 3.56. The SMILES string of the molecule is COc1ccc(Nc2ncc(C(=O)Nc3cc(C)c(Cl)cc3OC)c3ccccc23)cc1. The van der Waals surface area contributed by atoms with E-state index in [0.717, 1.165) is 27.8 Å². The number of nitrogens with one attached hydrogen (secondary N) is 2. The number of nitrogens with zero attached hydrogens (tertiary/aromatic N) is 1. The highest BCUT2D eigenvalue weighted by atomic mass is 35.5. The van der Waals surface area contributed by atoms with Crippen molar-refractivity contribution in [3.63, 3.8) is 0 Å². The molecule has 4 rings (SSSR count). The Morgan fingerprint density at radius 3 is 2.38 bits per heavy atom. The number of anilines is 3. The first-order chi connectivity index (χ1) is 15.5. The predicted octanol–water partition coefficient (Wildman–Crippen LogP) is 6.21. The van der Waals surface area contributed by atoms with Crippen molar-refractivity contribution in [1.82, 2.24) is 4.98 Å². The molecule has 0 radical (unpaired) electrons. The molecule has 0 atom stereocenters. The van der Waals surface area contributed by atoms with Crippen LogP contribution in [-0.2, 0) is 0 Å². The molecule has 6 nitrogen and oxygen atoms in total. The summed E-state index contributed by atoms with van der Waals surface area (Å²) >= 11 is 6.18. The molecular weight excluding hydrogens is 426 g/mol. The molecule has 7 heteroatoms. The number of carbonyl (C=O) groups excluding carboxylic acids is 1. The van der Waals surface area contributed by atoms with E-state index >= 15 is 0 Å². The molecule has 0 unspecified atom stereocenters. The third-order valence-electron chi connectivity index (χ3n) is 5.12. The Kier molecular flexibility index (Phi) is 6.14. The number of hydrogen-bond donors (Lipinski definition) is 2. The van der Waals surface area contributed by atoms with Crippen molar-refractivity contribution in [2.24, 2.45) is 0 Å². The highest BCUT2D eigenvalue weighted by Gasteiger charge is 2.16. The van der Waals surface area contributed by atoms with Crippen molar-refractivity contribution < 1.29 is 14.3 Å². The molecule has 0 saturated heterocycles. The second kappa shape index (κ2) is 9.16. The van der Waals surface area contributed by atoms with E-state index in [1.54, 1.807) is 25.4 Å². The molecule has 3 aromatic carbocycles. The fourth-order valence-electron chi connectivity index (χ4n) is 3.40. The molecule has 1 aromatic heterocycles. The Balaban J connectivity index is 1.68. The van der Waals surface area contributed by atoms with Crippen LogP contribution in [0.15, 0.2) is 66.9 Å². The van der Waals surface area contributed by atoms with Gasteiger partial charge in [-0.05, 0) is 48.2 Å². The average molecular weight is 448 g/mol. The number of pyridine rings is 1. The van der Waals surface area contributed by atoms with E-state index in [0.29, 0.717) is 27.8 Å². The van der Waals surface area contributed by atoms with Crippen molar-refractivity contribution >= 4 is 45.5 Å². The predicted molar refractivity (Wildman–Crippen MR) is 129 cm³/mol. The van der Waals surface area contributed by atoms with Gasteiger partial charge in [0.25, 0.3) is 5.91 Å². The summed E-state index contributed by atoms with van der Waals surface area (Å²) in [5, 5.41) is 8.41. The van der Waals surface area contributed by atoms with E-state index in [1.165, 1.54) is 7.11 Å². The van der Waals surface area contributed by atoms with Crippen LogP contribution in [0, 0.1) is 6.92 Å². The molecule has 1 heterocycles. The molecule has 0 fully saturated rings. The van der Waals surface area contributed by atoms with Gasteiger partial charge in [-0.2, -0.15) is 0 Å². The van der Waals surface area contributed by atoms with Gasteiger partial charge in [0, 0.05) is 28.4 Å². The molecule has 0 saturated carbocycles. The van der Waals surface area contributed by atoms with Gasteiger partial charge in [-0.25, -0.2) is 4.98 Å². The summed E-state index contributed by atoms with van der Waals surface area (Å²) in [5.74, 6) is 1.63. The number of ether oxygens (including phenoxy) is 2. The van der Waals surface area contributed by atoms with E-state index in [9.17, 15) is 4.79 Å². The van der Waals surface area contributed by atoms with Crippen molar-refractivity contribution in [1.29, 1.82) is 0 Å². The van der Waals surface area contributed by atoms with Crippen LogP contribution < -0.4 is 20.1 Å². The Morgan fingerprint density at radius 2 is 1.69 bits per heavy atom. The number of fused-ring (bicyclic) bond motifs is 1. The van der Waals surface area contributed by atoms with Crippen LogP contribution in [0.4, 0.5) is 17.2 Å². The first kappa shape index (κ1) is 21.5. The summed E-state index contributed by atoms with van der Waals surface area (Å²) in [7, 11) is 3.16. The van der Waals surface area contributed by atoms with Gasteiger partial charge < -0.3 is 20.1 Å². The molecule has 162 valence electrons. The van der Waals surface area contributed by atoms with Gasteiger partial charge in [-0.15, -0.1) is 0 Å². The Morgan fingerprint density at radius 1 is 0.969 bits per heavy atom. The van der Waals surface area contributed by atoms with Crippen LogP contribution in [0.5, 0.6) is 11.5 Å². The Hall–Kier alpha value is -3.77. The number of aryl methyl sites for hydroxylation is 1. The Labute approximate surface area is 191 Å². The van der Waals surface area contributed by atoms with Crippen LogP contribution in [0.3, 0.4) is 0 Å². The number of amides is 1. The number of rotatable bonds is 6. The minimum atomic E-state index is -0.287. The van der Waals surface area contributed by atoms with Crippen LogP contribution in [-0.4, -0.2) is 25.1 Å². The lowest BCUT2D eigenvalue weighted by Gasteiger charge is -2.15. The number of halogens is 1. The van der Waals surface area contributed by atoms with Crippen LogP contribution >= 0.6 is 11.6 Å². The molecule has 0 aliphatic carbocycles. The molecule has 32 heavy (non-hydrogen) atoms. The first-order valence-corrected chi connectivity index (χ1v) is 10.3. The van der Waals surface area contributed by atoms with Crippen LogP contribution in [0.1, 0.15) is 15.9 Å². The lowest BCUT2D eigenvalue weighted by Crippen LogP contribution is -2.14. The maximum Gasteiger partial charge on any atom is 0.257 e. The second-order valence-electron chi connectivity index (χ2n) is 7.18. The second-order valence-corrected chi connectivity index (χ2v) is 7.58. The smallest absolute Gasteiger partial charge is 0.257 e. The summed E-state index contributed by atoms with van der Waals surface area (Å²) in [4.78, 5) is 17.7. The van der Waals surface area contributed by atoms with Crippen molar-refractivity contribution in [3.8, 4) is 11.5 Å². The molecule has 0 aliphatic rings. The lowest BCUT2D eigenvalue weighted by atomic mass is 10.1. The minimum Gasteiger partial charge on any atom is -0.497 e. The van der Waals surface area contributed by atoms with E-state index in [-0.39, 0.29) is 5.91 Å². The van der Waals surface area contributed by atoms with E-state index in [2.05, 4.69) is 15.6 Å². The van der Waals surface area contributed by atoms with Gasteiger partial charge in [-0.1, -0.05) is 35.9 Å². The third-order valence-corrected chi connectivity index (χ3v) is 5.53. The number of benzene rings is 3. The third kappa shape index (κ3) is 4.31. The molecule has 0 bridgehead atoms. The maximum absolute atomic E-state index is 13.2. The van der Waals surface area contributed by atoms with E-state index in [1.807, 2.05) is 55.5 Å². The van der Waals surface area contributed by atoms with Gasteiger partial charge in [0.05, 0.1) is 25.5 Å².